The zero-order chi connectivity index (χ0) is 24.7. The van der Waals surface area contributed by atoms with Crippen LogP contribution < -0.4 is 5.32 Å². The molecule has 6 nitrogen and oxygen atoms in total. The van der Waals surface area contributed by atoms with Crippen LogP contribution >= 0.6 is 0 Å². The lowest BCUT2D eigenvalue weighted by atomic mass is 10.1. The van der Waals surface area contributed by atoms with Crippen LogP contribution in [0.15, 0.2) is 47.6 Å². The van der Waals surface area contributed by atoms with Crippen molar-refractivity contribution < 1.29 is 19.2 Å². The van der Waals surface area contributed by atoms with Gasteiger partial charge in [0.15, 0.2) is 0 Å². The van der Waals surface area contributed by atoms with E-state index in [9.17, 15) is 19.2 Å². The summed E-state index contributed by atoms with van der Waals surface area (Å²) in [6.07, 6.45) is 7.73. The van der Waals surface area contributed by atoms with Gasteiger partial charge in [-0.1, -0.05) is 72.2 Å². The van der Waals surface area contributed by atoms with Crippen molar-refractivity contribution in [3.05, 3.63) is 58.7 Å². The Hall–Kier alpha value is -3.02. The molecule has 0 aromatic heterocycles. The standard InChI is InChI=1S/C10H9NO2.C9H9NO2.C3H8.2C2H6/c1-2-11-9(12)7-5-3-4-6-8(7)10(11)13;11-8-6-4-2-1-3-5-7(6)9(12)10-8;1-3-2;2*1-2/h3-6H,2H2,1H3;4-5H,1-3H2,(H,10,11,12);3H2,1-2H3;2*1-2H3. The van der Waals surface area contributed by atoms with Gasteiger partial charge in [-0.25, -0.2) is 0 Å². The third-order valence-electron chi connectivity index (χ3n) is 4.31. The summed E-state index contributed by atoms with van der Waals surface area (Å²) in [7, 11) is 0. The minimum Gasteiger partial charge on any atom is -0.288 e. The summed E-state index contributed by atoms with van der Waals surface area (Å²) >= 11 is 0. The molecule has 3 aliphatic rings. The summed E-state index contributed by atoms with van der Waals surface area (Å²) in [5.41, 5.74) is 2.18. The minimum atomic E-state index is -0.242. The number of nitrogens with zero attached hydrogens (tertiary/aromatic N) is 1. The first kappa shape index (κ1) is 29.0. The van der Waals surface area contributed by atoms with Crippen molar-refractivity contribution in [2.75, 3.05) is 6.54 Å². The molecule has 32 heavy (non-hydrogen) atoms. The number of imide groups is 2. The number of benzene rings is 1. The first-order chi connectivity index (χ1) is 15.5. The highest BCUT2D eigenvalue weighted by atomic mass is 16.2. The topological polar surface area (TPSA) is 83.6 Å². The number of rotatable bonds is 1. The highest BCUT2D eigenvalue weighted by Crippen LogP contribution is 2.23. The molecule has 4 amide bonds. The summed E-state index contributed by atoms with van der Waals surface area (Å²) < 4.78 is 0. The molecule has 4 rings (SSSR count). The van der Waals surface area contributed by atoms with E-state index in [0.717, 1.165) is 19.3 Å². The number of nitrogens with one attached hydrogen (secondary N) is 1. The summed E-state index contributed by atoms with van der Waals surface area (Å²) in [5, 5.41) is 2.27. The molecule has 1 aromatic carbocycles. The molecule has 0 bridgehead atoms. The van der Waals surface area contributed by atoms with Crippen molar-refractivity contribution in [1.82, 2.24) is 10.2 Å². The van der Waals surface area contributed by atoms with Gasteiger partial charge in [0.2, 0.25) is 0 Å². The maximum atomic E-state index is 11.5. The fourth-order valence-corrected chi connectivity index (χ4v) is 3.02. The van der Waals surface area contributed by atoms with E-state index in [1.54, 1.807) is 31.2 Å². The van der Waals surface area contributed by atoms with Gasteiger partial charge in [0.25, 0.3) is 23.6 Å². The largest absolute Gasteiger partial charge is 0.288 e. The third-order valence-corrected chi connectivity index (χ3v) is 4.31. The molecule has 2 heterocycles. The van der Waals surface area contributed by atoms with Crippen LogP contribution in [0.5, 0.6) is 0 Å². The van der Waals surface area contributed by atoms with Crippen molar-refractivity contribution in [2.45, 2.75) is 74.1 Å². The summed E-state index contributed by atoms with van der Waals surface area (Å²) in [4.78, 5) is 46.6. The van der Waals surface area contributed by atoms with Crippen LogP contribution in [0.2, 0.25) is 0 Å². The van der Waals surface area contributed by atoms with Crippen LogP contribution in [0, 0.1) is 0 Å². The summed E-state index contributed by atoms with van der Waals surface area (Å²) in [6, 6.07) is 6.91. The molecule has 0 saturated carbocycles. The highest BCUT2D eigenvalue weighted by Gasteiger charge is 2.33. The van der Waals surface area contributed by atoms with E-state index in [1.807, 2.05) is 39.8 Å². The van der Waals surface area contributed by atoms with Gasteiger partial charge < -0.3 is 0 Å². The van der Waals surface area contributed by atoms with Gasteiger partial charge in [-0.3, -0.25) is 29.4 Å². The minimum absolute atomic E-state index is 0.178. The van der Waals surface area contributed by atoms with Crippen LogP contribution in [-0.2, 0) is 9.59 Å². The number of carbonyl (C=O) groups excluding carboxylic acids is 4. The van der Waals surface area contributed by atoms with E-state index in [1.165, 1.54) is 11.3 Å². The van der Waals surface area contributed by atoms with Crippen molar-refractivity contribution >= 4 is 23.6 Å². The molecule has 176 valence electrons. The van der Waals surface area contributed by atoms with E-state index in [0.29, 0.717) is 28.8 Å². The Balaban J connectivity index is 0.000000472. The Morgan fingerprint density at radius 1 is 0.750 bits per heavy atom. The fraction of sp³-hybridized carbons (Fsp3) is 0.462. The van der Waals surface area contributed by atoms with Crippen LogP contribution in [0.3, 0.4) is 0 Å². The first-order valence-corrected chi connectivity index (χ1v) is 11.7. The van der Waals surface area contributed by atoms with Gasteiger partial charge in [-0.15, -0.1) is 0 Å². The van der Waals surface area contributed by atoms with Crippen molar-refractivity contribution in [1.29, 1.82) is 0 Å². The Morgan fingerprint density at radius 2 is 1.12 bits per heavy atom. The Bertz CT molecular complexity index is 788. The molecule has 1 N–H and O–H groups in total. The van der Waals surface area contributed by atoms with Crippen LogP contribution in [0.1, 0.15) is 94.9 Å². The normalized spacial score (nSPS) is 15.4. The van der Waals surface area contributed by atoms with Gasteiger partial charge in [0, 0.05) is 17.7 Å². The van der Waals surface area contributed by atoms with Gasteiger partial charge in [0.05, 0.1) is 11.1 Å². The zero-order valence-corrected chi connectivity index (χ0v) is 20.6. The fourth-order valence-electron chi connectivity index (χ4n) is 3.02. The maximum Gasteiger partial charge on any atom is 0.261 e. The lowest BCUT2D eigenvalue weighted by Crippen LogP contribution is -2.29. The van der Waals surface area contributed by atoms with Crippen LogP contribution in [0.25, 0.3) is 0 Å². The van der Waals surface area contributed by atoms with E-state index in [-0.39, 0.29) is 23.6 Å². The number of amides is 4. The number of hydrogen-bond donors (Lipinski definition) is 1. The van der Waals surface area contributed by atoms with Crippen molar-refractivity contribution in [2.24, 2.45) is 0 Å². The second-order valence-electron chi connectivity index (χ2n) is 6.56. The molecular weight excluding hydrogens is 404 g/mol. The Kier molecular flexibility index (Phi) is 14.2. The molecular formula is C26H38N2O4. The second-order valence-corrected chi connectivity index (χ2v) is 6.56. The van der Waals surface area contributed by atoms with Gasteiger partial charge in [0.1, 0.15) is 0 Å². The Labute approximate surface area is 192 Å². The predicted octanol–water partition coefficient (Wildman–Crippen LogP) is 5.45. The highest BCUT2D eigenvalue weighted by molar-refractivity contribution is 6.24. The summed E-state index contributed by atoms with van der Waals surface area (Å²) in [5.74, 6) is -0.840. The quantitative estimate of drug-likeness (QED) is 0.586. The monoisotopic (exact) mass is 442 g/mol. The second kappa shape index (κ2) is 15.7. The van der Waals surface area contributed by atoms with Crippen molar-refractivity contribution in [3.63, 3.8) is 0 Å². The molecule has 0 radical (unpaired) electrons. The smallest absolute Gasteiger partial charge is 0.261 e. The number of allylic oxidation sites excluding steroid dienone is 2. The third kappa shape index (κ3) is 7.29. The Morgan fingerprint density at radius 3 is 1.47 bits per heavy atom. The molecule has 0 atom stereocenters. The van der Waals surface area contributed by atoms with E-state index >= 15 is 0 Å². The van der Waals surface area contributed by atoms with E-state index in [2.05, 4.69) is 19.2 Å². The average Bonchev–Trinajstić information content (AvgIpc) is 3.10. The molecule has 0 unspecified atom stereocenters. The van der Waals surface area contributed by atoms with Crippen molar-refractivity contribution in [3.8, 4) is 0 Å². The van der Waals surface area contributed by atoms with E-state index < -0.39 is 0 Å². The molecule has 6 heteroatoms. The lowest BCUT2D eigenvalue weighted by molar-refractivity contribution is -0.123. The number of carbonyl (C=O) groups is 4. The SMILES string of the molecule is CC.CC.CCC.CCN1C(=O)c2ccccc2C1=O.O=C1NC(=O)C2=CCCCC=C12. The predicted molar refractivity (Wildman–Crippen MR) is 129 cm³/mol. The van der Waals surface area contributed by atoms with E-state index in [4.69, 9.17) is 0 Å². The molecule has 1 aliphatic carbocycles. The molecule has 1 aromatic rings. The number of fused-ring (bicyclic) bond motifs is 2. The molecule has 1 saturated heterocycles. The van der Waals surface area contributed by atoms with Gasteiger partial charge in [-0.05, 0) is 38.3 Å². The summed E-state index contributed by atoms with van der Waals surface area (Å²) in [6.45, 7) is 14.5. The molecule has 2 aliphatic heterocycles. The lowest BCUT2D eigenvalue weighted by Gasteiger charge is -2.08. The number of hydrogen-bond acceptors (Lipinski definition) is 4. The maximum absolute atomic E-state index is 11.5. The van der Waals surface area contributed by atoms with Gasteiger partial charge >= 0.3 is 0 Å². The zero-order valence-electron chi connectivity index (χ0n) is 20.6. The van der Waals surface area contributed by atoms with Gasteiger partial charge in [-0.2, -0.15) is 0 Å². The van der Waals surface area contributed by atoms with Crippen LogP contribution in [0.4, 0.5) is 0 Å². The average molecular weight is 443 g/mol. The van der Waals surface area contributed by atoms with Crippen LogP contribution in [-0.4, -0.2) is 35.1 Å². The first-order valence-electron chi connectivity index (χ1n) is 11.7. The molecule has 1 fully saturated rings. The molecule has 0 spiro atoms.